The minimum Gasteiger partial charge on any atom is -0.357 e. The largest absolute Gasteiger partial charge is 0.357 e. The lowest BCUT2D eigenvalue weighted by Crippen LogP contribution is -2.37. The predicted octanol–water partition coefficient (Wildman–Crippen LogP) is 5.15. The van der Waals surface area contributed by atoms with Gasteiger partial charge in [-0.05, 0) is 55.8 Å². The molecule has 0 N–H and O–H groups in total. The van der Waals surface area contributed by atoms with Crippen LogP contribution in [-0.4, -0.2) is 40.9 Å². The van der Waals surface area contributed by atoms with Crippen LogP contribution in [0.4, 0.5) is 11.6 Å². The summed E-state index contributed by atoms with van der Waals surface area (Å²) in [4.78, 5) is 9.49. The molecule has 0 unspecified atom stereocenters. The van der Waals surface area contributed by atoms with Crippen LogP contribution in [0.5, 0.6) is 0 Å². The highest BCUT2D eigenvalue weighted by Crippen LogP contribution is 2.31. The van der Waals surface area contributed by atoms with E-state index in [0.717, 1.165) is 43.3 Å². The second-order valence-electron chi connectivity index (χ2n) is 9.42. The molecule has 29 heavy (non-hydrogen) atoms. The summed E-state index contributed by atoms with van der Waals surface area (Å²) >= 11 is 1.69. The molecule has 6 heteroatoms. The summed E-state index contributed by atoms with van der Waals surface area (Å²) in [7, 11) is 0. The number of hydrogen-bond acceptors (Lipinski definition) is 5. The maximum Gasteiger partial charge on any atom is 0.139 e. The van der Waals surface area contributed by atoms with Gasteiger partial charge >= 0.3 is 0 Å². The van der Waals surface area contributed by atoms with Crippen molar-refractivity contribution in [2.24, 2.45) is 23.7 Å². The maximum atomic E-state index is 4.67. The normalized spacial score (nSPS) is 20.6. The number of aryl methyl sites for hydroxylation is 1. The molecule has 160 valence electrons. The zero-order valence-corrected chi connectivity index (χ0v) is 19.2. The first kappa shape index (κ1) is 20.7. The summed E-state index contributed by atoms with van der Waals surface area (Å²) in [6, 6.07) is 2.21. The molecular weight excluding hydrogens is 378 g/mol. The smallest absolute Gasteiger partial charge is 0.139 e. The average Bonchev–Trinajstić information content (AvgIpc) is 3.44. The van der Waals surface area contributed by atoms with Crippen LogP contribution in [0.3, 0.4) is 0 Å². The molecule has 5 nitrogen and oxygen atoms in total. The first-order valence-electron chi connectivity index (χ1n) is 11.5. The molecule has 0 amide bonds. The predicted molar refractivity (Wildman–Crippen MR) is 123 cm³/mol. The quantitative estimate of drug-likeness (QED) is 0.626. The van der Waals surface area contributed by atoms with Crippen molar-refractivity contribution >= 4 is 23.0 Å². The van der Waals surface area contributed by atoms with E-state index >= 15 is 0 Å². The molecule has 0 bridgehead atoms. The van der Waals surface area contributed by atoms with Gasteiger partial charge in [-0.25, -0.2) is 9.67 Å². The van der Waals surface area contributed by atoms with Gasteiger partial charge in [0.2, 0.25) is 0 Å². The molecule has 2 fully saturated rings. The third-order valence-corrected chi connectivity index (χ3v) is 7.96. The molecule has 4 heterocycles. The summed E-state index contributed by atoms with van der Waals surface area (Å²) < 4.78 is 2.26. The molecule has 2 aliphatic heterocycles. The fourth-order valence-electron chi connectivity index (χ4n) is 5.18. The van der Waals surface area contributed by atoms with Gasteiger partial charge in [-0.3, -0.25) is 0 Å². The Hall–Kier alpha value is -1.56. The van der Waals surface area contributed by atoms with E-state index < -0.39 is 0 Å². The minimum absolute atomic E-state index is 0.747. The summed E-state index contributed by atoms with van der Waals surface area (Å²) in [5.74, 6) is 5.77. The van der Waals surface area contributed by atoms with E-state index in [1.165, 1.54) is 56.8 Å². The lowest BCUT2D eigenvalue weighted by atomic mass is 9.83. The Morgan fingerprint density at radius 2 is 1.69 bits per heavy atom. The van der Waals surface area contributed by atoms with Gasteiger partial charge in [-0.1, -0.05) is 20.8 Å². The Morgan fingerprint density at radius 3 is 2.34 bits per heavy atom. The van der Waals surface area contributed by atoms with Gasteiger partial charge in [0.1, 0.15) is 11.6 Å². The molecule has 0 spiro atoms. The van der Waals surface area contributed by atoms with Crippen LogP contribution in [-0.2, 0) is 6.54 Å². The number of anilines is 2. The van der Waals surface area contributed by atoms with E-state index in [9.17, 15) is 0 Å². The van der Waals surface area contributed by atoms with E-state index in [2.05, 4.69) is 56.8 Å². The fourth-order valence-corrected chi connectivity index (χ4v) is 5.74. The SMILES string of the molecule is CC(C)C1CCN(c2ccnn2CC[C@H](C)C2CCN(c3cscn3)CC2)CC1. The zero-order valence-electron chi connectivity index (χ0n) is 18.3. The van der Waals surface area contributed by atoms with Crippen LogP contribution in [0.2, 0.25) is 0 Å². The molecule has 2 aliphatic rings. The third-order valence-electron chi connectivity index (χ3n) is 7.38. The van der Waals surface area contributed by atoms with Gasteiger partial charge in [0.25, 0.3) is 0 Å². The average molecular weight is 416 g/mol. The Kier molecular flexibility index (Phi) is 6.78. The van der Waals surface area contributed by atoms with Crippen LogP contribution in [0.1, 0.15) is 52.9 Å². The molecule has 0 aromatic carbocycles. The number of hydrogen-bond donors (Lipinski definition) is 0. The topological polar surface area (TPSA) is 37.2 Å². The first-order chi connectivity index (χ1) is 14.1. The van der Waals surface area contributed by atoms with E-state index in [4.69, 9.17) is 0 Å². The highest BCUT2D eigenvalue weighted by atomic mass is 32.1. The zero-order chi connectivity index (χ0) is 20.2. The number of piperidine rings is 2. The number of aromatic nitrogens is 3. The molecule has 2 saturated heterocycles. The Labute approximate surface area is 180 Å². The van der Waals surface area contributed by atoms with Crippen molar-refractivity contribution in [3.63, 3.8) is 0 Å². The van der Waals surface area contributed by atoms with Crippen LogP contribution in [0.15, 0.2) is 23.2 Å². The van der Waals surface area contributed by atoms with Crippen molar-refractivity contribution < 1.29 is 0 Å². The summed E-state index contributed by atoms with van der Waals surface area (Å²) in [5, 5.41) is 6.84. The van der Waals surface area contributed by atoms with Crippen molar-refractivity contribution in [3.8, 4) is 0 Å². The van der Waals surface area contributed by atoms with Crippen molar-refractivity contribution in [1.82, 2.24) is 14.8 Å². The molecule has 2 aromatic rings. The van der Waals surface area contributed by atoms with Crippen molar-refractivity contribution in [2.75, 3.05) is 36.0 Å². The molecule has 0 aliphatic carbocycles. The minimum atomic E-state index is 0.747. The van der Waals surface area contributed by atoms with E-state index in [1.54, 1.807) is 11.3 Å². The second kappa shape index (κ2) is 9.50. The van der Waals surface area contributed by atoms with Gasteiger partial charge in [-0.2, -0.15) is 5.10 Å². The Morgan fingerprint density at radius 1 is 1.00 bits per heavy atom. The van der Waals surface area contributed by atoms with Crippen LogP contribution >= 0.6 is 11.3 Å². The first-order valence-corrected chi connectivity index (χ1v) is 12.5. The Bertz CT molecular complexity index is 724. The van der Waals surface area contributed by atoms with Crippen molar-refractivity contribution in [1.29, 1.82) is 0 Å². The molecule has 1 atom stereocenters. The van der Waals surface area contributed by atoms with E-state index in [0.29, 0.717) is 0 Å². The van der Waals surface area contributed by atoms with Crippen molar-refractivity contribution in [2.45, 2.75) is 59.4 Å². The molecule has 2 aromatic heterocycles. The van der Waals surface area contributed by atoms with Gasteiger partial charge in [0, 0.05) is 44.2 Å². The molecule has 4 rings (SSSR count). The Balaban J connectivity index is 1.25. The van der Waals surface area contributed by atoms with Gasteiger partial charge in [0.15, 0.2) is 0 Å². The highest BCUT2D eigenvalue weighted by Gasteiger charge is 2.26. The monoisotopic (exact) mass is 415 g/mol. The highest BCUT2D eigenvalue weighted by molar-refractivity contribution is 7.07. The molecule has 0 saturated carbocycles. The summed E-state index contributed by atoms with van der Waals surface area (Å²) in [6.07, 6.45) is 8.41. The van der Waals surface area contributed by atoms with E-state index in [1.807, 2.05) is 11.7 Å². The maximum absolute atomic E-state index is 4.67. The number of nitrogens with zero attached hydrogens (tertiary/aromatic N) is 5. The third kappa shape index (κ3) is 4.96. The number of thiazole rings is 1. The van der Waals surface area contributed by atoms with Crippen LogP contribution in [0, 0.1) is 23.7 Å². The van der Waals surface area contributed by atoms with Gasteiger partial charge < -0.3 is 9.80 Å². The fraction of sp³-hybridized carbons (Fsp3) is 0.739. The second-order valence-corrected chi connectivity index (χ2v) is 10.1. The van der Waals surface area contributed by atoms with Gasteiger partial charge in [-0.15, -0.1) is 11.3 Å². The van der Waals surface area contributed by atoms with E-state index in [-0.39, 0.29) is 0 Å². The summed E-state index contributed by atoms with van der Waals surface area (Å²) in [5.41, 5.74) is 1.94. The summed E-state index contributed by atoms with van der Waals surface area (Å²) in [6.45, 7) is 12.9. The molecule has 0 radical (unpaired) electrons. The van der Waals surface area contributed by atoms with Gasteiger partial charge in [0.05, 0.1) is 11.7 Å². The standard InChI is InChI=1S/C23H37N5S/c1-18(2)20-6-13-27(14-7-20)23-4-10-25-28(23)15-5-19(3)21-8-11-26(12-9-21)22-16-29-17-24-22/h4,10,16-21H,5-9,11-15H2,1-3H3/t19-/m0/s1. The number of rotatable bonds is 7. The van der Waals surface area contributed by atoms with Crippen LogP contribution in [0.25, 0.3) is 0 Å². The van der Waals surface area contributed by atoms with Crippen molar-refractivity contribution in [3.05, 3.63) is 23.2 Å². The lowest BCUT2D eigenvalue weighted by molar-refractivity contribution is 0.266. The molecular formula is C23H37N5S. The lowest BCUT2D eigenvalue weighted by Gasteiger charge is -2.36. The van der Waals surface area contributed by atoms with Crippen LogP contribution < -0.4 is 9.80 Å².